The summed E-state index contributed by atoms with van der Waals surface area (Å²) in [6, 6.07) is 3.35. The zero-order valence-electron chi connectivity index (χ0n) is 11.6. The van der Waals surface area contributed by atoms with Gasteiger partial charge in [-0.05, 0) is 18.9 Å². The molecule has 6 nitrogen and oxygen atoms in total. The fourth-order valence-electron chi connectivity index (χ4n) is 3.17. The number of hydrogen-bond donors (Lipinski definition) is 0. The SMILES string of the molecule is CS(=O)(=O)c1c(C2(N=C=O)CCCC2)ccc2c1OCO2. The third-order valence-corrected chi connectivity index (χ3v) is 5.20. The van der Waals surface area contributed by atoms with Crippen molar-refractivity contribution in [3.63, 3.8) is 0 Å². The van der Waals surface area contributed by atoms with Crippen molar-refractivity contribution in [2.75, 3.05) is 13.0 Å². The van der Waals surface area contributed by atoms with Crippen molar-refractivity contribution in [3.05, 3.63) is 17.7 Å². The highest BCUT2D eigenvalue weighted by Gasteiger charge is 2.41. The number of carbonyl (C=O) groups excluding carboxylic acids is 1. The molecule has 0 bridgehead atoms. The second-order valence-corrected chi connectivity index (χ2v) is 7.34. The number of ether oxygens (including phenoxy) is 2. The number of isocyanates is 1. The highest BCUT2D eigenvalue weighted by Crippen LogP contribution is 2.49. The molecule has 0 N–H and O–H groups in total. The minimum atomic E-state index is -3.55. The normalized spacial score (nSPS) is 19.3. The van der Waals surface area contributed by atoms with Gasteiger partial charge in [0.2, 0.25) is 12.9 Å². The van der Waals surface area contributed by atoms with E-state index in [1.165, 1.54) is 0 Å². The van der Waals surface area contributed by atoms with Gasteiger partial charge >= 0.3 is 0 Å². The van der Waals surface area contributed by atoms with Crippen molar-refractivity contribution < 1.29 is 22.7 Å². The predicted octanol–water partition coefficient (Wildman–Crippen LogP) is 1.92. The van der Waals surface area contributed by atoms with Gasteiger partial charge in [-0.3, -0.25) is 0 Å². The number of fused-ring (bicyclic) bond motifs is 1. The molecule has 1 aliphatic carbocycles. The number of benzene rings is 1. The lowest BCUT2D eigenvalue weighted by Gasteiger charge is -2.25. The zero-order chi connectivity index (χ0) is 15.1. The van der Waals surface area contributed by atoms with Gasteiger partial charge in [-0.1, -0.05) is 18.9 Å². The van der Waals surface area contributed by atoms with E-state index in [1.807, 2.05) is 0 Å². The number of hydrogen-bond acceptors (Lipinski definition) is 6. The number of aliphatic imine (C=N–C) groups is 1. The van der Waals surface area contributed by atoms with Gasteiger partial charge in [-0.15, -0.1) is 0 Å². The predicted molar refractivity (Wildman–Crippen MR) is 73.9 cm³/mol. The molecule has 0 radical (unpaired) electrons. The van der Waals surface area contributed by atoms with Crippen molar-refractivity contribution >= 4 is 15.9 Å². The molecule has 0 aromatic heterocycles. The third-order valence-electron chi connectivity index (χ3n) is 4.06. The van der Waals surface area contributed by atoms with Crippen molar-refractivity contribution in [3.8, 4) is 11.5 Å². The Morgan fingerprint density at radius 3 is 2.57 bits per heavy atom. The summed E-state index contributed by atoms with van der Waals surface area (Å²) in [5, 5.41) is 0. The van der Waals surface area contributed by atoms with Crippen LogP contribution in [-0.2, 0) is 20.2 Å². The molecule has 1 fully saturated rings. The maximum absolute atomic E-state index is 12.2. The number of nitrogens with zero attached hydrogens (tertiary/aromatic N) is 1. The van der Waals surface area contributed by atoms with E-state index in [2.05, 4.69) is 4.99 Å². The van der Waals surface area contributed by atoms with Gasteiger partial charge in [0, 0.05) is 11.8 Å². The second-order valence-electron chi connectivity index (χ2n) is 5.39. The lowest BCUT2D eigenvalue weighted by molar-refractivity contribution is 0.172. The van der Waals surface area contributed by atoms with Crippen LogP contribution in [0.4, 0.5) is 0 Å². The van der Waals surface area contributed by atoms with Crippen molar-refractivity contribution in [2.45, 2.75) is 36.1 Å². The van der Waals surface area contributed by atoms with Crippen LogP contribution in [0.3, 0.4) is 0 Å². The lowest BCUT2D eigenvalue weighted by Crippen LogP contribution is -2.22. The van der Waals surface area contributed by atoms with Crippen LogP contribution in [0.15, 0.2) is 22.0 Å². The lowest BCUT2D eigenvalue weighted by atomic mass is 9.88. The fraction of sp³-hybridized carbons (Fsp3) is 0.500. The molecule has 0 spiro atoms. The Kier molecular flexibility index (Phi) is 3.26. The first-order chi connectivity index (χ1) is 9.98. The molecule has 0 atom stereocenters. The van der Waals surface area contributed by atoms with E-state index in [0.717, 1.165) is 19.1 Å². The Balaban J connectivity index is 2.31. The first-order valence-electron chi connectivity index (χ1n) is 6.70. The van der Waals surface area contributed by atoms with Crippen molar-refractivity contribution in [1.82, 2.24) is 0 Å². The summed E-state index contributed by atoms with van der Waals surface area (Å²) in [4.78, 5) is 14.9. The molecular formula is C14H15NO5S. The first-order valence-corrected chi connectivity index (χ1v) is 8.59. The van der Waals surface area contributed by atoms with Crippen molar-refractivity contribution in [2.24, 2.45) is 4.99 Å². The molecule has 1 heterocycles. The second kappa shape index (κ2) is 4.86. The Labute approximate surface area is 122 Å². The van der Waals surface area contributed by atoms with Crippen LogP contribution < -0.4 is 9.47 Å². The van der Waals surface area contributed by atoms with E-state index in [4.69, 9.17) is 9.47 Å². The maximum atomic E-state index is 12.2. The maximum Gasteiger partial charge on any atom is 0.235 e. The molecule has 0 amide bonds. The van der Waals surface area contributed by atoms with Gasteiger partial charge in [0.05, 0.1) is 5.54 Å². The summed E-state index contributed by atoms with van der Waals surface area (Å²) in [5.74, 6) is 0.629. The van der Waals surface area contributed by atoms with Crippen LogP contribution in [-0.4, -0.2) is 27.5 Å². The Hall–Kier alpha value is -1.85. The largest absolute Gasteiger partial charge is 0.454 e. The summed E-state index contributed by atoms with van der Waals surface area (Å²) in [7, 11) is -3.55. The summed E-state index contributed by atoms with van der Waals surface area (Å²) >= 11 is 0. The molecule has 0 unspecified atom stereocenters. The van der Waals surface area contributed by atoms with Gasteiger partial charge in [0.1, 0.15) is 4.90 Å². The average Bonchev–Trinajstić information content (AvgIpc) is 3.05. The minimum absolute atomic E-state index is 0.00868. The number of rotatable bonds is 3. The molecule has 1 aromatic rings. The van der Waals surface area contributed by atoms with Crippen LogP contribution in [0.5, 0.6) is 11.5 Å². The standard InChI is InChI=1S/C14H15NO5S/c1-21(17,18)13-10(4-5-11-12(13)20-9-19-11)14(15-8-16)6-2-3-7-14/h4-5H,2-3,6-7,9H2,1H3. The van der Waals surface area contributed by atoms with E-state index >= 15 is 0 Å². The molecule has 112 valence electrons. The number of sulfone groups is 1. The van der Waals surface area contributed by atoms with E-state index < -0.39 is 15.4 Å². The van der Waals surface area contributed by atoms with Gasteiger partial charge < -0.3 is 9.47 Å². The Bertz CT molecular complexity index is 728. The van der Waals surface area contributed by atoms with Gasteiger partial charge in [-0.25, -0.2) is 13.2 Å². The summed E-state index contributed by atoms with van der Waals surface area (Å²) in [6.07, 6.45) is 5.77. The molecule has 1 saturated carbocycles. The molecule has 1 aromatic carbocycles. The quantitative estimate of drug-likeness (QED) is 0.629. The molecule has 2 aliphatic rings. The summed E-state index contributed by atoms with van der Waals surface area (Å²) in [6.45, 7) is -0.00868. The summed E-state index contributed by atoms with van der Waals surface area (Å²) < 4.78 is 35.1. The van der Waals surface area contributed by atoms with E-state index in [0.29, 0.717) is 24.2 Å². The van der Waals surface area contributed by atoms with Crippen LogP contribution in [0, 0.1) is 0 Å². The van der Waals surface area contributed by atoms with Crippen LogP contribution in [0.2, 0.25) is 0 Å². The molecular weight excluding hydrogens is 294 g/mol. The molecule has 21 heavy (non-hydrogen) atoms. The van der Waals surface area contributed by atoms with Crippen molar-refractivity contribution in [1.29, 1.82) is 0 Å². The van der Waals surface area contributed by atoms with Gasteiger partial charge in [0.15, 0.2) is 21.3 Å². The molecule has 1 aliphatic heterocycles. The fourth-order valence-corrected chi connectivity index (χ4v) is 4.32. The highest BCUT2D eigenvalue weighted by molar-refractivity contribution is 7.90. The topological polar surface area (TPSA) is 82.0 Å². The molecule has 3 rings (SSSR count). The molecule has 7 heteroatoms. The van der Waals surface area contributed by atoms with Crippen LogP contribution in [0.1, 0.15) is 31.2 Å². The zero-order valence-corrected chi connectivity index (χ0v) is 12.4. The van der Waals surface area contributed by atoms with E-state index in [1.54, 1.807) is 18.2 Å². The van der Waals surface area contributed by atoms with Crippen LogP contribution >= 0.6 is 0 Å². The van der Waals surface area contributed by atoms with E-state index in [-0.39, 0.29) is 17.4 Å². The Morgan fingerprint density at radius 1 is 1.24 bits per heavy atom. The third kappa shape index (κ3) is 2.22. The average molecular weight is 309 g/mol. The monoisotopic (exact) mass is 309 g/mol. The van der Waals surface area contributed by atoms with Gasteiger partial charge in [0.25, 0.3) is 0 Å². The smallest absolute Gasteiger partial charge is 0.235 e. The van der Waals surface area contributed by atoms with Crippen LogP contribution in [0.25, 0.3) is 0 Å². The minimum Gasteiger partial charge on any atom is -0.454 e. The van der Waals surface area contributed by atoms with Gasteiger partial charge in [-0.2, -0.15) is 4.99 Å². The van der Waals surface area contributed by atoms with E-state index in [9.17, 15) is 13.2 Å². The summed E-state index contributed by atoms with van der Waals surface area (Å²) in [5.41, 5.74) is -0.309. The first kappa shape index (κ1) is 14.1. The highest BCUT2D eigenvalue weighted by atomic mass is 32.2. The Morgan fingerprint density at radius 2 is 1.95 bits per heavy atom. The molecule has 0 saturated heterocycles.